The summed E-state index contributed by atoms with van der Waals surface area (Å²) in [7, 11) is 0. The first-order chi connectivity index (χ1) is 0. The van der Waals surface area contributed by atoms with Crippen LogP contribution in [-0.4, -0.2) is 17.4 Å². The van der Waals surface area contributed by atoms with Crippen LogP contribution in [0.15, 0.2) is 0 Å². The monoisotopic (exact) mass is 186 g/mol. The Bertz CT molecular complexity index is 15.7. The van der Waals surface area contributed by atoms with Crippen molar-refractivity contribution in [2.45, 2.75) is 0 Å². The third-order valence-corrected chi connectivity index (χ3v) is 0. The molecule has 2 nitrogen and oxygen atoms in total. The molecular weight excluding hydrogens is 186 g/mol. The molecule has 0 aliphatic heterocycles. The molecule has 7 heavy (non-hydrogen) atoms. The van der Waals surface area contributed by atoms with Crippen molar-refractivity contribution < 1.29 is 82.2 Å². The van der Waals surface area contributed by atoms with Crippen LogP contribution >= 0.6 is 0 Å². The van der Waals surface area contributed by atoms with Gasteiger partial charge in [-0.15, -0.1) is 0 Å². The molecule has 0 aromatic carbocycles. The second-order valence-corrected chi connectivity index (χ2v) is 0. The Labute approximate surface area is 98.4 Å². The second-order valence-electron chi connectivity index (χ2n) is 0. The first kappa shape index (κ1) is 102. The van der Waals surface area contributed by atoms with Gasteiger partial charge in [-0.05, 0) is 0 Å². The zero-order valence-corrected chi connectivity index (χ0v) is 7.41. The second kappa shape index (κ2) is 71.8. The van der Waals surface area contributed by atoms with Crippen molar-refractivity contribution in [3.63, 3.8) is 0 Å². The third kappa shape index (κ3) is 54.3. The molecule has 0 spiro atoms. The van der Waals surface area contributed by atoms with E-state index in [2.05, 4.69) is 0 Å². The van der Waals surface area contributed by atoms with E-state index in [1.807, 2.05) is 0 Å². The Morgan fingerprint density at radius 3 is 0.714 bits per heavy atom. The fourth-order valence-electron chi connectivity index (χ4n) is 0. The largest absolute Gasteiger partial charge is 2.00 e. The molecular formula is AlLi2MnNiO2. The molecule has 0 aromatic heterocycles. The van der Waals surface area contributed by atoms with Gasteiger partial charge in [0.1, 0.15) is 0 Å². The van der Waals surface area contributed by atoms with E-state index in [1.165, 1.54) is 0 Å². The van der Waals surface area contributed by atoms with E-state index in [9.17, 15) is 0 Å². The van der Waals surface area contributed by atoms with Gasteiger partial charge in [-0.1, -0.05) is 0 Å². The van der Waals surface area contributed by atoms with Gasteiger partial charge in [-0.25, -0.2) is 0 Å². The van der Waals surface area contributed by atoms with Crippen LogP contribution in [0.1, 0.15) is 0 Å². The predicted octanol–water partition coefficient (Wildman–Crippen LogP) is -6.62. The van der Waals surface area contributed by atoms with E-state index in [4.69, 9.17) is 0 Å². The molecule has 0 N–H and O–H groups in total. The van der Waals surface area contributed by atoms with E-state index in [0.29, 0.717) is 0 Å². The molecule has 0 unspecified atom stereocenters. The quantitative estimate of drug-likeness (QED) is 0.338. The molecule has 7 heteroatoms. The molecule has 0 bridgehead atoms. The Morgan fingerprint density at radius 1 is 0.714 bits per heavy atom. The summed E-state index contributed by atoms with van der Waals surface area (Å²) in [6.07, 6.45) is 0. The Balaban J connectivity index is 0. The maximum atomic E-state index is 0. The smallest absolute Gasteiger partial charge is 2.00 e. The average molecular weight is 186 g/mol. The van der Waals surface area contributed by atoms with Gasteiger partial charge in [0.15, 0.2) is 0 Å². The van der Waals surface area contributed by atoms with Crippen LogP contribution < -0.4 is 37.7 Å². The third-order valence-electron chi connectivity index (χ3n) is 0. The summed E-state index contributed by atoms with van der Waals surface area (Å²) in [5.41, 5.74) is 0. The minimum absolute atomic E-state index is 0. The van der Waals surface area contributed by atoms with Crippen LogP contribution in [0.25, 0.3) is 0 Å². The molecule has 34 valence electrons. The van der Waals surface area contributed by atoms with Gasteiger partial charge >= 0.3 is 54.8 Å². The Kier molecular flexibility index (Phi) is 1050. The minimum atomic E-state index is 0. The van der Waals surface area contributed by atoms with Crippen molar-refractivity contribution in [1.82, 2.24) is 0 Å². The van der Waals surface area contributed by atoms with E-state index < -0.39 is 0 Å². The zero-order valence-electron chi connectivity index (χ0n) is 4.09. The first-order valence-electron chi connectivity index (χ1n) is 0. The molecule has 0 rings (SSSR count). The van der Waals surface area contributed by atoms with E-state index in [-0.39, 0.29) is 99.6 Å². The summed E-state index contributed by atoms with van der Waals surface area (Å²) in [6.45, 7) is 0. The zero-order chi connectivity index (χ0) is 0. The first-order valence-corrected chi connectivity index (χ1v) is 0. The van der Waals surface area contributed by atoms with Crippen molar-refractivity contribution in [3.05, 3.63) is 0 Å². The van der Waals surface area contributed by atoms with Gasteiger partial charge in [0, 0.05) is 33.9 Å². The number of hydrogen-bond donors (Lipinski definition) is 0. The summed E-state index contributed by atoms with van der Waals surface area (Å²) in [5.74, 6) is 0. The fourth-order valence-corrected chi connectivity index (χ4v) is 0. The van der Waals surface area contributed by atoms with Gasteiger partial charge in [0.05, 0.1) is 0 Å². The summed E-state index contributed by atoms with van der Waals surface area (Å²) in [5, 5.41) is 0. The number of hydrogen-bond acceptors (Lipinski definition) is 0. The molecule has 0 aliphatic carbocycles. The van der Waals surface area contributed by atoms with E-state index >= 15 is 0 Å². The topological polar surface area (TPSA) is 57.0 Å². The maximum absolute atomic E-state index is 0. The van der Waals surface area contributed by atoms with Gasteiger partial charge < -0.3 is 11.0 Å². The van der Waals surface area contributed by atoms with Gasteiger partial charge in [-0.3, -0.25) is 0 Å². The van der Waals surface area contributed by atoms with Crippen LogP contribution in [0, 0.1) is 0 Å². The maximum Gasteiger partial charge on any atom is 2.00 e. The van der Waals surface area contributed by atoms with Crippen LogP contribution in [0.5, 0.6) is 0 Å². The van der Waals surface area contributed by atoms with Crippen molar-refractivity contribution in [3.8, 4) is 0 Å². The number of rotatable bonds is 0. The molecule has 0 atom stereocenters. The predicted molar refractivity (Wildman–Crippen MR) is 7.13 cm³/mol. The van der Waals surface area contributed by atoms with Crippen LogP contribution in [0.3, 0.4) is 0 Å². The molecule has 0 aliphatic rings. The van der Waals surface area contributed by atoms with Crippen LogP contribution in [0.4, 0.5) is 0 Å². The molecule has 0 heterocycles. The fraction of sp³-hybridized carbons (Fsp3) is 0. The molecule has 4 radical (unpaired) electrons. The Hall–Kier alpha value is 2.66. The van der Waals surface area contributed by atoms with Crippen LogP contribution in [0.2, 0.25) is 0 Å². The van der Waals surface area contributed by atoms with Crippen molar-refractivity contribution in [2.75, 3.05) is 0 Å². The average Bonchev–Trinajstić information content (AvgIpc) is 0. The summed E-state index contributed by atoms with van der Waals surface area (Å²) in [4.78, 5) is 0. The van der Waals surface area contributed by atoms with E-state index in [0.717, 1.165) is 0 Å². The molecule has 0 amide bonds. The summed E-state index contributed by atoms with van der Waals surface area (Å²) in [6, 6.07) is 0. The molecule has 0 saturated heterocycles. The van der Waals surface area contributed by atoms with Gasteiger partial charge in [0.25, 0.3) is 0 Å². The molecule has 0 aromatic rings. The Morgan fingerprint density at radius 2 is 0.714 bits per heavy atom. The van der Waals surface area contributed by atoms with Gasteiger partial charge in [-0.2, -0.15) is 0 Å². The molecule has 0 saturated carbocycles. The standard InChI is InChI=1S/Al.2Li.Mn.Ni.2O/q;2*+1;+2;;2*-2. The molecule has 0 fully saturated rings. The van der Waals surface area contributed by atoms with Crippen molar-refractivity contribution >= 4 is 17.4 Å². The summed E-state index contributed by atoms with van der Waals surface area (Å²) >= 11 is 0. The summed E-state index contributed by atoms with van der Waals surface area (Å²) < 4.78 is 0. The van der Waals surface area contributed by atoms with E-state index in [1.54, 1.807) is 0 Å². The SMILES string of the molecule is [Al].[Li+].[Li+].[Mn+2].[Ni].[O-2].[O-2]. The van der Waals surface area contributed by atoms with Gasteiger partial charge in [0.2, 0.25) is 0 Å². The van der Waals surface area contributed by atoms with Crippen LogP contribution in [-0.2, 0) is 44.5 Å². The van der Waals surface area contributed by atoms with Crippen molar-refractivity contribution in [1.29, 1.82) is 0 Å². The minimum Gasteiger partial charge on any atom is -2.00 e. The van der Waals surface area contributed by atoms with Crippen molar-refractivity contribution in [2.24, 2.45) is 0 Å². The normalized spacial score (nSPS) is 0.